The van der Waals surface area contributed by atoms with Crippen molar-refractivity contribution in [2.45, 2.75) is 20.1 Å². The smallest absolute Gasteiger partial charge is 0.105 e. The Morgan fingerprint density at radius 2 is 2.11 bits per heavy atom. The molecule has 0 radical (unpaired) electrons. The van der Waals surface area contributed by atoms with Crippen molar-refractivity contribution in [3.63, 3.8) is 0 Å². The van der Waals surface area contributed by atoms with E-state index in [0.717, 1.165) is 29.1 Å². The largest absolute Gasteiger partial charge is 0.469 e. The van der Waals surface area contributed by atoms with Gasteiger partial charge in [-0.05, 0) is 30.7 Å². The fourth-order valence-electron chi connectivity index (χ4n) is 1.87. The fraction of sp³-hybridized carbons (Fsp3) is 0.286. The van der Waals surface area contributed by atoms with Gasteiger partial charge >= 0.3 is 0 Å². The highest BCUT2D eigenvalue weighted by molar-refractivity contribution is 6.33. The van der Waals surface area contributed by atoms with Gasteiger partial charge in [-0.2, -0.15) is 0 Å². The van der Waals surface area contributed by atoms with Gasteiger partial charge in [0, 0.05) is 19.2 Å². The molecule has 2 aromatic rings. The minimum atomic E-state index is 0.00452. The highest BCUT2D eigenvalue weighted by Crippen LogP contribution is 2.27. The van der Waals surface area contributed by atoms with Crippen LogP contribution in [0.25, 0.3) is 0 Å². The predicted octanol–water partition coefficient (Wildman–Crippen LogP) is 3.37. The first-order chi connectivity index (χ1) is 8.61. The number of benzene rings is 1. The predicted molar refractivity (Wildman–Crippen MR) is 72.9 cm³/mol. The molecule has 1 N–H and O–H groups in total. The zero-order valence-electron chi connectivity index (χ0n) is 10.5. The monoisotopic (exact) mass is 265 g/mol. The van der Waals surface area contributed by atoms with Gasteiger partial charge in [-0.25, -0.2) is 0 Å². The summed E-state index contributed by atoms with van der Waals surface area (Å²) in [5, 5.41) is 9.69. The molecule has 0 aliphatic heterocycles. The molecule has 1 aromatic carbocycles. The Balaban J connectivity index is 2.19. The van der Waals surface area contributed by atoms with Crippen molar-refractivity contribution in [3.8, 4) is 0 Å². The fourth-order valence-corrected chi connectivity index (χ4v) is 2.22. The lowest BCUT2D eigenvalue weighted by Gasteiger charge is -2.20. The number of halogens is 1. The van der Waals surface area contributed by atoms with Gasteiger partial charge in [0.15, 0.2) is 0 Å². The Kier molecular flexibility index (Phi) is 3.94. The SMILES string of the molecule is Cc1occc1CN(C)c1ccc(CO)cc1Cl. The third-order valence-corrected chi connectivity index (χ3v) is 3.28. The molecular formula is C14H16ClNO2. The third-order valence-electron chi connectivity index (χ3n) is 2.98. The van der Waals surface area contributed by atoms with E-state index in [1.165, 1.54) is 0 Å². The molecule has 1 aromatic heterocycles. The van der Waals surface area contributed by atoms with Gasteiger partial charge in [0.2, 0.25) is 0 Å². The van der Waals surface area contributed by atoms with Crippen molar-refractivity contribution in [2.75, 3.05) is 11.9 Å². The number of rotatable bonds is 4. The van der Waals surface area contributed by atoms with Gasteiger partial charge < -0.3 is 14.4 Å². The number of hydrogen-bond acceptors (Lipinski definition) is 3. The minimum Gasteiger partial charge on any atom is -0.469 e. The maximum atomic E-state index is 9.05. The summed E-state index contributed by atoms with van der Waals surface area (Å²) < 4.78 is 5.28. The molecule has 4 heteroatoms. The van der Waals surface area contributed by atoms with E-state index >= 15 is 0 Å². The second kappa shape index (κ2) is 5.46. The Morgan fingerprint density at radius 3 is 2.67 bits per heavy atom. The molecule has 0 unspecified atom stereocenters. The Hall–Kier alpha value is -1.45. The van der Waals surface area contributed by atoms with E-state index in [9.17, 15) is 0 Å². The lowest BCUT2D eigenvalue weighted by molar-refractivity contribution is 0.282. The molecule has 1 heterocycles. The van der Waals surface area contributed by atoms with Crippen LogP contribution >= 0.6 is 11.6 Å². The van der Waals surface area contributed by atoms with Crippen molar-refractivity contribution in [1.29, 1.82) is 0 Å². The molecular weight excluding hydrogens is 250 g/mol. The molecule has 0 atom stereocenters. The molecule has 0 fully saturated rings. The number of aryl methyl sites for hydroxylation is 1. The van der Waals surface area contributed by atoms with Crippen molar-refractivity contribution < 1.29 is 9.52 Å². The van der Waals surface area contributed by atoms with E-state index in [2.05, 4.69) is 4.90 Å². The van der Waals surface area contributed by atoms with Crippen LogP contribution in [-0.2, 0) is 13.2 Å². The topological polar surface area (TPSA) is 36.6 Å². The molecule has 2 rings (SSSR count). The van der Waals surface area contributed by atoms with E-state index in [1.54, 1.807) is 12.3 Å². The first kappa shape index (κ1) is 13.0. The van der Waals surface area contributed by atoms with Gasteiger partial charge in [0.1, 0.15) is 5.76 Å². The van der Waals surface area contributed by atoms with Gasteiger partial charge in [0.25, 0.3) is 0 Å². The average Bonchev–Trinajstić information content (AvgIpc) is 2.74. The number of anilines is 1. The number of nitrogens with zero attached hydrogens (tertiary/aromatic N) is 1. The van der Waals surface area contributed by atoms with Crippen molar-refractivity contribution >= 4 is 17.3 Å². The highest BCUT2D eigenvalue weighted by atomic mass is 35.5. The molecule has 18 heavy (non-hydrogen) atoms. The van der Waals surface area contributed by atoms with E-state index in [4.69, 9.17) is 21.1 Å². The normalized spacial score (nSPS) is 10.7. The maximum Gasteiger partial charge on any atom is 0.105 e. The summed E-state index contributed by atoms with van der Waals surface area (Å²) in [4.78, 5) is 2.06. The van der Waals surface area contributed by atoms with Crippen molar-refractivity contribution in [2.24, 2.45) is 0 Å². The lowest BCUT2D eigenvalue weighted by Crippen LogP contribution is -2.17. The van der Waals surface area contributed by atoms with Gasteiger partial charge in [-0.15, -0.1) is 0 Å². The number of aliphatic hydroxyl groups is 1. The molecule has 0 bridgehead atoms. The van der Waals surface area contributed by atoms with Gasteiger partial charge in [-0.3, -0.25) is 0 Å². The summed E-state index contributed by atoms with van der Waals surface area (Å²) in [6.07, 6.45) is 1.69. The number of aliphatic hydroxyl groups excluding tert-OH is 1. The van der Waals surface area contributed by atoms with Crippen LogP contribution in [0.2, 0.25) is 5.02 Å². The van der Waals surface area contributed by atoms with E-state index in [-0.39, 0.29) is 6.61 Å². The first-order valence-electron chi connectivity index (χ1n) is 5.75. The average molecular weight is 266 g/mol. The first-order valence-corrected chi connectivity index (χ1v) is 6.13. The van der Waals surface area contributed by atoms with Crippen LogP contribution in [0.1, 0.15) is 16.9 Å². The third kappa shape index (κ3) is 2.68. The van der Waals surface area contributed by atoms with E-state index in [1.807, 2.05) is 32.2 Å². The zero-order chi connectivity index (χ0) is 13.1. The quantitative estimate of drug-likeness (QED) is 0.921. The summed E-state index contributed by atoms with van der Waals surface area (Å²) in [5.41, 5.74) is 2.89. The van der Waals surface area contributed by atoms with Crippen molar-refractivity contribution in [1.82, 2.24) is 0 Å². The van der Waals surface area contributed by atoms with Crippen LogP contribution in [0.15, 0.2) is 34.9 Å². The second-order valence-electron chi connectivity index (χ2n) is 4.30. The standard InChI is InChI=1S/C14H16ClNO2/c1-10-12(5-6-18-10)8-16(2)14-4-3-11(9-17)7-13(14)15/h3-7,17H,8-9H2,1-2H3. The highest BCUT2D eigenvalue weighted by Gasteiger charge is 2.10. The molecule has 0 saturated carbocycles. The lowest BCUT2D eigenvalue weighted by atomic mass is 10.2. The molecule has 0 amide bonds. The molecule has 3 nitrogen and oxygen atoms in total. The molecule has 0 aliphatic carbocycles. The van der Waals surface area contributed by atoms with Gasteiger partial charge in [-0.1, -0.05) is 17.7 Å². The summed E-state index contributed by atoms with van der Waals surface area (Å²) in [6.45, 7) is 2.69. The Bertz CT molecular complexity index is 536. The number of hydrogen-bond donors (Lipinski definition) is 1. The van der Waals surface area contributed by atoms with Crippen LogP contribution in [0.3, 0.4) is 0 Å². The Morgan fingerprint density at radius 1 is 1.33 bits per heavy atom. The molecule has 96 valence electrons. The summed E-state index contributed by atoms with van der Waals surface area (Å²) in [7, 11) is 1.98. The van der Waals surface area contributed by atoms with Crippen LogP contribution < -0.4 is 4.90 Å². The molecule has 0 spiro atoms. The summed E-state index contributed by atoms with van der Waals surface area (Å²) >= 11 is 6.21. The van der Waals surface area contributed by atoms with Crippen LogP contribution in [0.4, 0.5) is 5.69 Å². The summed E-state index contributed by atoms with van der Waals surface area (Å²) in [6, 6.07) is 7.54. The minimum absolute atomic E-state index is 0.00452. The van der Waals surface area contributed by atoms with E-state index in [0.29, 0.717) is 5.02 Å². The molecule has 0 aliphatic rings. The second-order valence-corrected chi connectivity index (χ2v) is 4.71. The van der Waals surface area contributed by atoms with Crippen LogP contribution in [-0.4, -0.2) is 12.2 Å². The Labute approximate surface area is 112 Å². The summed E-state index contributed by atoms with van der Waals surface area (Å²) in [5.74, 6) is 0.921. The van der Waals surface area contributed by atoms with Gasteiger partial charge in [0.05, 0.1) is 23.6 Å². The van der Waals surface area contributed by atoms with Crippen LogP contribution in [0, 0.1) is 6.92 Å². The maximum absolute atomic E-state index is 9.05. The zero-order valence-corrected chi connectivity index (χ0v) is 11.2. The van der Waals surface area contributed by atoms with Crippen molar-refractivity contribution in [3.05, 3.63) is 52.4 Å². The molecule has 0 saturated heterocycles. The number of furan rings is 1. The van der Waals surface area contributed by atoms with E-state index < -0.39 is 0 Å². The van der Waals surface area contributed by atoms with Crippen LogP contribution in [0.5, 0.6) is 0 Å².